The first-order valence-corrected chi connectivity index (χ1v) is 6.36. The van der Waals surface area contributed by atoms with Crippen LogP contribution in [-0.4, -0.2) is 36.3 Å². The highest BCUT2D eigenvalue weighted by molar-refractivity contribution is 5.81. The van der Waals surface area contributed by atoms with Gasteiger partial charge >= 0.3 is 0 Å². The third kappa shape index (κ3) is 2.39. The Balaban J connectivity index is 2.05. The standard InChI is InChI=1S/C13H16N4O2/c14-9-2-3-11-10(8-9)12(18)16-13(15-11)17-4-1-6-19-7-5-17/h2-3,8H,1,4-7,14H2,(H,15,16,18). The Morgan fingerprint density at radius 1 is 1.32 bits per heavy atom. The van der Waals surface area contributed by atoms with Crippen LogP contribution in [0.25, 0.3) is 10.9 Å². The second-order valence-electron chi connectivity index (χ2n) is 4.62. The van der Waals surface area contributed by atoms with Crippen LogP contribution in [0.15, 0.2) is 23.0 Å². The maximum atomic E-state index is 12.1. The predicted octanol–water partition coefficient (Wildman–Crippen LogP) is 0.732. The summed E-state index contributed by atoms with van der Waals surface area (Å²) in [5.41, 5.74) is 6.76. The Labute approximate surface area is 110 Å². The zero-order valence-corrected chi connectivity index (χ0v) is 10.6. The maximum absolute atomic E-state index is 12.1. The SMILES string of the molecule is Nc1ccc2nc(N3CCCOCC3)[nH]c(=O)c2c1. The topological polar surface area (TPSA) is 84.2 Å². The zero-order valence-electron chi connectivity index (χ0n) is 10.6. The van der Waals surface area contributed by atoms with Crippen molar-refractivity contribution in [2.24, 2.45) is 0 Å². The molecule has 3 rings (SSSR count). The third-order valence-electron chi connectivity index (χ3n) is 3.24. The summed E-state index contributed by atoms with van der Waals surface area (Å²) in [4.78, 5) is 21.4. The number of anilines is 2. The smallest absolute Gasteiger partial charge is 0.260 e. The highest BCUT2D eigenvalue weighted by atomic mass is 16.5. The monoisotopic (exact) mass is 260 g/mol. The number of aromatic nitrogens is 2. The third-order valence-corrected chi connectivity index (χ3v) is 3.24. The van der Waals surface area contributed by atoms with Crippen molar-refractivity contribution in [3.63, 3.8) is 0 Å². The Bertz CT molecular complexity index is 645. The van der Waals surface area contributed by atoms with E-state index in [0.29, 0.717) is 29.1 Å². The molecule has 6 heteroatoms. The molecule has 0 radical (unpaired) electrons. The lowest BCUT2D eigenvalue weighted by molar-refractivity contribution is 0.152. The number of benzene rings is 1. The van der Waals surface area contributed by atoms with Gasteiger partial charge in [0.15, 0.2) is 0 Å². The molecule has 1 aromatic carbocycles. The van der Waals surface area contributed by atoms with Crippen molar-refractivity contribution in [3.8, 4) is 0 Å². The fraction of sp³-hybridized carbons (Fsp3) is 0.385. The van der Waals surface area contributed by atoms with Crippen molar-refractivity contribution in [1.82, 2.24) is 9.97 Å². The molecule has 100 valence electrons. The highest BCUT2D eigenvalue weighted by Gasteiger charge is 2.13. The van der Waals surface area contributed by atoms with Gasteiger partial charge in [0.25, 0.3) is 5.56 Å². The Morgan fingerprint density at radius 3 is 3.11 bits per heavy atom. The van der Waals surface area contributed by atoms with Crippen molar-refractivity contribution in [2.75, 3.05) is 36.9 Å². The first-order chi connectivity index (χ1) is 9.24. The van der Waals surface area contributed by atoms with E-state index in [-0.39, 0.29) is 5.56 Å². The van der Waals surface area contributed by atoms with Crippen molar-refractivity contribution >= 4 is 22.5 Å². The molecular formula is C13H16N4O2. The summed E-state index contributed by atoms with van der Waals surface area (Å²) >= 11 is 0. The minimum atomic E-state index is -0.155. The molecule has 0 saturated carbocycles. The lowest BCUT2D eigenvalue weighted by atomic mass is 10.2. The van der Waals surface area contributed by atoms with Crippen LogP contribution in [-0.2, 0) is 4.74 Å². The summed E-state index contributed by atoms with van der Waals surface area (Å²) in [6.45, 7) is 2.99. The van der Waals surface area contributed by atoms with Gasteiger partial charge in [0.1, 0.15) is 0 Å². The second kappa shape index (κ2) is 4.89. The molecule has 2 aromatic rings. The van der Waals surface area contributed by atoms with Crippen molar-refractivity contribution in [1.29, 1.82) is 0 Å². The van der Waals surface area contributed by atoms with E-state index in [2.05, 4.69) is 9.97 Å². The summed E-state index contributed by atoms with van der Waals surface area (Å²) in [6.07, 6.45) is 0.934. The molecule has 0 spiro atoms. The minimum Gasteiger partial charge on any atom is -0.399 e. The van der Waals surface area contributed by atoms with Gasteiger partial charge < -0.3 is 15.4 Å². The van der Waals surface area contributed by atoms with E-state index in [0.717, 1.165) is 26.1 Å². The molecule has 1 aromatic heterocycles. The number of fused-ring (bicyclic) bond motifs is 1. The number of aromatic amines is 1. The molecule has 6 nitrogen and oxygen atoms in total. The van der Waals surface area contributed by atoms with Gasteiger partial charge in [-0.15, -0.1) is 0 Å². The van der Waals surface area contributed by atoms with E-state index in [1.54, 1.807) is 18.2 Å². The van der Waals surface area contributed by atoms with Crippen LogP contribution < -0.4 is 16.2 Å². The van der Waals surface area contributed by atoms with Crippen molar-refractivity contribution in [2.45, 2.75) is 6.42 Å². The van der Waals surface area contributed by atoms with E-state index in [1.807, 2.05) is 4.90 Å². The van der Waals surface area contributed by atoms with E-state index in [1.165, 1.54) is 0 Å². The van der Waals surface area contributed by atoms with Gasteiger partial charge in [0.2, 0.25) is 5.95 Å². The molecule has 1 saturated heterocycles. The van der Waals surface area contributed by atoms with E-state index in [9.17, 15) is 4.79 Å². The van der Waals surface area contributed by atoms with E-state index < -0.39 is 0 Å². The fourth-order valence-corrected chi connectivity index (χ4v) is 2.25. The lowest BCUT2D eigenvalue weighted by Crippen LogP contribution is -2.29. The van der Waals surface area contributed by atoms with E-state index >= 15 is 0 Å². The first-order valence-electron chi connectivity index (χ1n) is 6.36. The Kier molecular flexibility index (Phi) is 3.08. The lowest BCUT2D eigenvalue weighted by Gasteiger charge is -2.20. The molecule has 0 aliphatic carbocycles. The van der Waals surface area contributed by atoms with Crippen LogP contribution in [0.5, 0.6) is 0 Å². The number of ether oxygens (including phenoxy) is 1. The number of hydrogen-bond donors (Lipinski definition) is 2. The molecule has 3 N–H and O–H groups in total. The number of rotatable bonds is 1. The van der Waals surface area contributed by atoms with Crippen LogP contribution in [0.1, 0.15) is 6.42 Å². The van der Waals surface area contributed by atoms with Crippen LogP contribution in [0, 0.1) is 0 Å². The Hall–Kier alpha value is -2.08. The van der Waals surface area contributed by atoms with Crippen molar-refractivity contribution in [3.05, 3.63) is 28.6 Å². The Morgan fingerprint density at radius 2 is 2.21 bits per heavy atom. The average Bonchev–Trinajstić information content (AvgIpc) is 2.68. The number of nitrogens with one attached hydrogen (secondary N) is 1. The quantitative estimate of drug-likeness (QED) is 0.738. The summed E-state index contributed by atoms with van der Waals surface area (Å²) in [6, 6.07) is 5.18. The fourth-order valence-electron chi connectivity index (χ4n) is 2.25. The summed E-state index contributed by atoms with van der Waals surface area (Å²) in [5.74, 6) is 0.604. The molecule has 1 fully saturated rings. The number of nitrogens with zero attached hydrogens (tertiary/aromatic N) is 2. The van der Waals surface area contributed by atoms with Crippen LogP contribution >= 0.6 is 0 Å². The molecular weight excluding hydrogens is 244 g/mol. The molecule has 1 aliphatic rings. The van der Waals surface area contributed by atoms with Gasteiger partial charge in [-0.2, -0.15) is 0 Å². The van der Waals surface area contributed by atoms with Gasteiger partial charge in [-0.3, -0.25) is 9.78 Å². The van der Waals surface area contributed by atoms with Gasteiger partial charge in [-0.1, -0.05) is 0 Å². The number of nitrogens with two attached hydrogens (primary N) is 1. The first kappa shape index (κ1) is 12.0. The highest BCUT2D eigenvalue weighted by Crippen LogP contribution is 2.15. The van der Waals surface area contributed by atoms with Gasteiger partial charge in [-0.25, -0.2) is 4.98 Å². The van der Waals surface area contributed by atoms with Gasteiger partial charge in [0.05, 0.1) is 17.5 Å². The summed E-state index contributed by atoms with van der Waals surface area (Å²) < 4.78 is 5.40. The number of nitrogen functional groups attached to an aromatic ring is 1. The average molecular weight is 260 g/mol. The van der Waals surface area contributed by atoms with Crippen molar-refractivity contribution < 1.29 is 4.74 Å². The van der Waals surface area contributed by atoms with Crippen LogP contribution in [0.3, 0.4) is 0 Å². The van der Waals surface area contributed by atoms with Gasteiger partial charge in [-0.05, 0) is 24.6 Å². The largest absolute Gasteiger partial charge is 0.399 e. The molecule has 0 atom stereocenters. The van der Waals surface area contributed by atoms with Gasteiger partial charge in [0, 0.05) is 25.4 Å². The summed E-state index contributed by atoms with van der Waals surface area (Å²) in [5, 5.41) is 0.523. The molecule has 0 amide bonds. The summed E-state index contributed by atoms with van der Waals surface area (Å²) in [7, 11) is 0. The number of H-pyrrole nitrogens is 1. The number of hydrogen-bond acceptors (Lipinski definition) is 5. The minimum absolute atomic E-state index is 0.155. The maximum Gasteiger partial charge on any atom is 0.260 e. The molecule has 0 bridgehead atoms. The normalized spacial score (nSPS) is 16.5. The molecule has 19 heavy (non-hydrogen) atoms. The predicted molar refractivity (Wildman–Crippen MR) is 74.4 cm³/mol. The van der Waals surface area contributed by atoms with E-state index in [4.69, 9.17) is 10.5 Å². The van der Waals surface area contributed by atoms with Crippen LogP contribution in [0.2, 0.25) is 0 Å². The molecule has 1 aliphatic heterocycles. The molecule has 2 heterocycles. The molecule has 0 unspecified atom stereocenters. The second-order valence-corrected chi connectivity index (χ2v) is 4.62. The zero-order chi connectivity index (χ0) is 13.2. The van der Waals surface area contributed by atoms with Crippen LogP contribution in [0.4, 0.5) is 11.6 Å².